The van der Waals surface area contributed by atoms with Gasteiger partial charge in [0.05, 0.1) is 11.3 Å². The lowest BCUT2D eigenvalue weighted by molar-refractivity contribution is 0.374. The number of nitriles is 1. The molecule has 3 nitrogen and oxygen atoms in total. The molecule has 0 aromatic heterocycles. The number of piperidine rings is 1. The minimum absolute atomic E-state index is 0.728. The second kappa shape index (κ2) is 6.93. The van der Waals surface area contributed by atoms with Gasteiger partial charge in [0.2, 0.25) is 0 Å². The standard InChI is InChI=1S/C15H20BrN3/c1-2-19(11-12-5-7-18-8-6-12)15-9-14(16)4-3-13(15)10-17/h3-4,9,12,18H,2,5-8,11H2,1H3. The van der Waals surface area contributed by atoms with E-state index in [4.69, 9.17) is 0 Å². The predicted octanol–water partition coefficient (Wildman–Crippen LogP) is 3.15. The van der Waals surface area contributed by atoms with Crippen molar-refractivity contribution in [2.75, 3.05) is 31.1 Å². The number of halogens is 1. The lowest BCUT2D eigenvalue weighted by Gasteiger charge is -2.31. The molecular weight excluding hydrogens is 302 g/mol. The first-order chi connectivity index (χ1) is 9.24. The maximum absolute atomic E-state index is 9.26. The summed E-state index contributed by atoms with van der Waals surface area (Å²) in [5.41, 5.74) is 1.82. The predicted molar refractivity (Wildman–Crippen MR) is 82.3 cm³/mol. The molecule has 1 heterocycles. The van der Waals surface area contributed by atoms with Crippen molar-refractivity contribution in [1.29, 1.82) is 5.26 Å². The van der Waals surface area contributed by atoms with Crippen LogP contribution in [0.2, 0.25) is 0 Å². The maximum atomic E-state index is 9.26. The van der Waals surface area contributed by atoms with Crippen LogP contribution in [0, 0.1) is 17.2 Å². The molecule has 0 spiro atoms. The van der Waals surface area contributed by atoms with Gasteiger partial charge >= 0.3 is 0 Å². The Hall–Kier alpha value is -1.05. The molecular formula is C15H20BrN3. The zero-order valence-electron chi connectivity index (χ0n) is 11.3. The third kappa shape index (κ3) is 3.71. The quantitative estimate of drug-likeness (QED) is 0.925. The summed E-state index contributed by atoms with van der Waals surface area (Å²) in [6.45, 7) is 6.37. The second-order valence-electron chi connectivity index (χ2n) is 5.01. The molecule has 102 valence electrons. The molecule has 1 fully saturated rings. The summed E-state index contributed by atoms with van der Waals surface area (Å²) in [5.74, 6) is 0.728. The Balaban J connectivity index is 2.16. The van der Waals surface area contributed by atoms with Crippen molar-refractivity contribution in [2.45, 2.75) is 19.8 Å². The van der Waals surface area contributed by atoms with Crippen LogP contribution in [0.15, 0.2) is 22.7 Å². The Kier molecular flexibility index (Phi) is 5.24. The molecule has 2 rings (SSSR count). The van der Waals surface area contributed by atoms with E-state index in [9.17, 15) is 5.26 Å². The minimum atomic E-state index is 0.728. The van der Waals surface area contributed by atoms with Crippen molar-refractivity contribution in [3.05, 3.63) is 28.2 Å². The van der Waals surface area contributed by atoms with Gasteiger partial charge in [-0.15, -0.1) is 0 Å². The van der Waals surface area contributed by atoms with Gasteiger partial charge in [0.25, 0.3) is 0 Å². The molecule has 0 atom stereocenters. The number of benzene rings is 1. The highest BCUT2D eigenvalue weighted by atomic mass is 79.9. The number of nitrogens with one attached hydrogen (secondary N) is 1. The Morgan fingerprint density at radius 1 is 1.42 bits per heavy atom. The van der Waals surface area contributed by atoms with Gasteiger partial charge in [-0.05, 0) is 57.0 Å². The van der Waals surface area contributed by atoms with E-state index in [2.05, 4.69) is 45.2 Å². The monoisotopic (exact) mass is 321 g/mol. The van der Waals surface area contributed by atoms with Gasteiger partial charge in [-0.25, -0.2) is 0 Å². The van der Waals surface area contributed by atoms with Crippen molar-refractivity contribution in [3.8, 4) is 6.07 Å². The van der Waals surface area contributed by atoms with Crippen LogP contribution in [0.5, 0.6) is 0 Å². The van der Waals surface area contributed by atoms with Gasteiger partial charge in [-0.1, -0.05) is 15.9 Å². The van der Waals surface area contributed by atoms with E-state index < -0.39 is 0 Å². The van der Waals surface area contributed by atoms with E-state index in [1.165, 1.54) is 12.8 Å². The molecule has 1 aliphatic rings. The fourth-order valence-electron chi connectivity index (χ4n) is 2.63. The molecule has 1 aromatic carbocycles. The van der Waals surface area contributed by atoms with Crippen LogP contribution < -0.4 is 10.2 Å². The van der Waals surface area contributed by atoms with Crippen LogP contribution in [-0.4, -0.2) is 26.2 Å². The highest BCUT2D eigenvalue weighted by Crippen LogP contribution is 2.26. The van der Waals surface area contributed by atoms with Crippen LogP contribution in [0.25, 0.3) is 0 Å². The van der Waals surface area contributed by atoms with Crippen LogP contribution in [0.3, 0.4) is 0 Å². The normalized spacial score (nSPS) is 16.1. The molecule has 4 heteroatoms. The summed E-state index contributed by atoms with van der Waals surface area (Å²) in [4.78, 5) is 2.33. The van der Waals surface area contributed by atoms with Crippen LogP contribution in [0.1, 0.15) is 25.3 Å². The average Bonchev–Trinajstić information content (AvgIpc) is 2.46. The zero-order chi connectivity index (χ0) is 13.7. The van der Waals surface area contributed by atoms with Gasteiger partial charge in [-0.2, -0.15) is 5.26 Å². The largest absolute Gasteiger partial charge is 0.370 e. The summed E-state index contributed by atoms with van der Waals surface area (Å²) < 4.78 is 1.03. The fourth-order valence-corrected chi connectivity index (χ4v) is 2.98. The highest BCUT2D eigenvalue weighted by Gasteiger charge is 2.18. The summed E-state index contributed by atoms with van der Waals surface area (Å²) in [6, 6.07) is 8.18. The molecule has 19 heavy (non-hydrogen) atoms. The van der Waals surface area contributed by atoms with E-state index in [0.717, 1.165) is 47.8 Å². The molecule has 1 N–H and O–H groups in total. The summed E-state index contributed by atoms with van der Waals surface area (Å²) in [6.07, 6.45) is 2.46. The summed E-state index contributed by atoms with van der Waals surface area (Å²) in [5, 5.41) is 12.7. The Bertz CT molecular complexity index is 461. The van der Waals surface area contributed by atoms with E-state index in [1.54, 1.807) is 0 Å². The molecule has 0 bridgehead atoms. The van der Waals surface area contributed by atoms with Gasteiger partial charge in [0, 0.05) is 17.6 Å². The molecule has 1 aromatic rings. The van der Waals surface area contributed by atoms with Crippen LogP contribution in [0.4, 0.5) is 5.69 Å². The van der Waals surface area contributed by atoms with Crippen LogP contribution >= 0.6 is 15.9 Å². The first-order valence-corrected chi connectivity index (χ1v) is 7.69. The van der Waals surface area contributed by atoms with E-state index >= 15 is 0 Å². The van der Waals surface area contributed by atoms with Gasteiger partial charge < -0.3 is 10.2 Å². The Morgan fingerprint density at radius 2 is 2.16 bits per heavy atom. The van der Waals surface area contributed by atoms with Crippen molar-refractivity contribution < 1.29 is 0 Å². The van der Waals surface area contributed by atoms with Crippen LogP contribution in [-0.2, 0) is 0 Å². The second-order valence-corrected chi connectivity index (χ2v) is 5.92. The third-order valence-corrected chi connectivity index (χ3v) is 4.23. The summed E-state index contributed by atoms with van der Waals surface area (Å²) >= 11 is 3.50. The zero-order valence-corrected chi connectivity index (χ0v) is 12.9. The molecule has 1 aliphatic heterocycles. The van der Waals surface area contributed by atoms with Gasteiger partial charge in [0.1, 0.15) is 6.07 Å². The highest BCUT2D eigenvalue weighted by molar-refractivity contribution is 9.10. The topological polar surface area (TPSA) is 39.1 Å². The first-order valence-electron chi connectivity index (χ1n) is 6.90. The van der Waals surface area contributed by atoms with Crippen molar-refractivity contribution in [2.24, 2.45) is 5.92 Å². The maximum Gasteiger partial charge on any atom is 0.101 e. The molecule has 0 unspecified atom stereocenters. The molecule has 0 amide bonds. The molecule has 0 saturated carbocycles. The Labute approximate surface area is 123 Å². The van der Waals surface area contributed by atoms with Gasteiger partial charge in [-0.3, -0.25) is 0 Å². The number of anilines is 1. The smallest absolute Gasteiger partial charge is 0.101 e. The molecule has 0 radical (unpaired) electrons. The average molecular weight is 322 g/mol. The van der Waals surface area contributed by atoms with E-state index in [0.29, 0.717) is 0 Å². The summed E-state index contributed by atoms with van der Waals surface area (Å²) in [7, 11) is 0. The number of nitrogens with zero attached hydrogens (tertiary/aromatic N) is 2. The van der Waals surface area contributed by atoms with Crippen molar-refractivity contribution >= 4 is 21.6 Å². The minimum Gasteiger partial charge on any atom is -0.370 e. The molecule has 0 aliphatic carbocycles. The van der Waals surface area contributed by atoms with Crippen molar-refractivity contribution in [3.63, 3.8) is 0 Å². The number of hydrogen-bond acceptors (Lipinski definition) is 3. The number of rotatable bonds is 4. The van der Waals surface area contributed by atoms with Crippen molar-refractivity contribution in [1.82, 2.24) is 5.32 Å². The third-order valence-electron chi connectivity index (χ3n) is 3.74. The van der Waals surface area contributed by atoms with Gasteiger partial charge in [0.15, 0.2) is 0 Å². The lowest BCUT2D eigenvalue weighted by atomic mass is 9.97. The van der Waals surface area contributed by atoms with E-state index in [1.807, 2.05) is 12.1 Å². The molecule has 1 saturated heterocycles. The number of hydrogen-bond donors (Lipinski definition) is 1. The Morgan fingerprint density at radius 3 is 2.79 bits per heavy atom. The fraction of sp³-hybridized carbons (Fsp3) is 0.533. The SMILES string of the molecule is CCN(CC1CCNCC1)c1cc(Br)ccc1C#N. The van der Waals surface area contributed by atoms with E-state index in [-0.39, 0.29) is 0 Å². The lowest BCUT2D eigenvalue weighted by Crippen LogP contribution is -2.36. The first kappa shape index (κ1) is 14.4.